The highest BCUT2D eigenvalue weighted by atomic mass is 16.5. The van der Waals surface area contributed by atoms with E-state index in [1.54, 1.807) is 23.2 Å². The SMILES string of the molecule is COc1ccc(C(=O)N2C[C@@H](Cc3ccnc4ccccc34)[C@H](O)C2)cn1. The second-order valence-corrected chi connectivity index (χ2v) is 6.82. The van der Waals surface area contributed by atoms with Crippen molar-refractivity contribution in [2.24, 2.45) is 5.92 Å². The van der Waals surface area contributed by atoms with Crippen molar-refractivity contribution in [2.75, 3.05) is 20.2 Å². The van der Waals surface area contributed by atoms with Crippen molar-refractivity contribution in [2.45, 2.75) is 12.5 Å². The van der Waals surface area contributed by atoms with Crippen molar-refractivity contribution in [1.82, 2.24) is 14.9 Å². The Balaban J connectivity index is 1.50. The van der Waals surface area contributed by atoms with E-state index in [0.29, 0.717) is 31.0 Å². The number of fused-ring (bicyclic) bond motifs is 1. The van der Waals surface area contributed by atoms with Gasteiger partial charge in [-0.2, -0.15) is 0 Å². The van der Waals surface area contributed by atoms with Crippen LogP contribution in [-0.4, -0.2) is 52.2 Å². The van der Waals surface area contributed by atoms with E-state index in [1.165, 1.54) is 13.3 Å². The van der Waals surface area contributed by atoms with Gasteiger partial charge in [-0.3, -0.25) is 9.78 Å². The third-order valence-corrected chi connectivity index (χ3v) is 5.11. The van der Waals surface area contributed by atoms with E-state index in [0.717, 1.165) is 16.5 Å². The number of nitrogens with zero attached hydrogens (tertiary/aromatic N) is 3. The van der Waals surface area contributed by atoms with E-state index in [2.05, 4.69) is 9.97 Å². The zero-order valence-electron chi connectivity index (χ0n) is 15.1. The van der Waals surface area contributed by atoms with Crippen LogP contribution in [-0.2, 0) is 6.42 Å². The molecule has 1 fully saturated rings. The van der Waals surface area contributed by atoms with Crippen molar-refractivity contribution in [1.29, 1.82) is 0 Å². The third kappa shape index (κ3) is 3.48. The quantitative estimate of drug-likeness (QED) is 0.770. The molecule has 1 amide bonds. The molecule has 1 aromatic carbocycles. The molecule has 0 saturated carbocycles. The summed E-state index contributed by atoms with van der Waals surface area (Å²) in [7, 11) is 1.54. The molecule has 4 rings (SSSR count). The zero-order valence-corrected chi connectivity index (χ0v) is 15.1. The van der Waals surface area contributed by atoms with Crippen molar-refractivity contribution < 1.29 is 14.6 Å². The summed E-state index contributed by atoms with van der Waals surface area (Å²) in [5.41, 5.74) is 2.59. The van der Waals surface area contributed by atoms with Crippen LogP contribution in [0, 0.1) is 5.92 Å². The van der Waals surface area contributed by atoms with E-state index in [1.807, 2.05) is 30.3 Å². The summed E-state index contributed by atoms with van der Waals surface area (Å²) < 4.78 is 5.03. The predicted octanol–water partition coefficient (Wildman–Crippen LogP) is 2.31. The number of carbonyl (C=O) groups excluding carboxylic acids is 1. The first-order chi connectivity index (χ1) is 13.2. The maximum atomic E-state index is 12.7. The Hall–Kier alpha value is -2.99. The standard InChI is InChI=1S/C21H21N3O3/c1-27-20-7-6-15(11-23-20)21(26)24-12-16(19(25)13-24)10-14-8-9-22-18-5-3-2-4-17(14)18/h2-9,11,16,19,25H,10,12-13H2,1H3/t16-,19-/m1/s1. The normalized spacial score (nSPS) is 19.4. The van der Waals surface area contributed by atoms with Gasteiger partial charge in [0.2, 0.25) is 5.88 Å². The molecule has 3 heterocycles. The van der Waals surface area contributed by atoms with Gasteiger partial charge in [0, 0.05) is 42.9 Å². The lowest BCUT2D eigenvalue weighted by atomic mass is 9.94. The molecule has 0 radical (unpaired) electrons. The smallest absolute Gasteiger partial charge is 0.255 e. The first-order valence-electron chi connectivity index (χ1n) is 8.95. The highest BCUT2D eigenvalue weighted by molar-refractivity contribution is 5.94. The number of benzene rings is 1. The van der Waals surface area contributed by atoms with Gasteiger partial charge in [0.15, 0.2) is 0 Å². The van der Waals surface area contributed by atoms with E-state index >= 15 is 0 Å². The highest BCUT2D eigenvalue weighted by Gasteiger charge is 2.34. The summed E-state index contributed by atoms with van der Waals surface area (Å²) in [6, 6.07) is 13.3. The Kier molecular flexibility index (Phi) is 4.73. The van der Waals surface area contributed by atoms with Gasteiger partial charge in [0.05, 0.1) is 24.3 Å². The number of hydrogen-bond acceptors (Lipinski definition) is 5. The van der Waals surface area contributed by atoms with Gasteiger partial charge < -0.3 is 14.7 Å². The van der Waals surface area contributed by atoms with Crippen molar-refractivity contribution in [3.8, 4) is 5.88 Å². The summed E-state index contributed by atoms with van der Waals surface area (Å²) in [5.74, 6) is 0.340. The molecule has 1 aliphatic heterocycles. The first-order valence-corrected chi connectivity index (χ1v) is 8.95. The number of β-amino-alcohol motifs (C(OH)–C–C–N with tert-alkyl or cyclic N) is 1. The monoisotopic (exact) mass is 363 g/mol. The van der Waals surface area contributed by atoms with Gasteiger partial charge >= 0.3 is 0 Å². The Morgan fingerprint density at radius 1 is 1.19 bits per heavy atom. The van der Waals surface area contributed by atoms with Gasteiger partial charge in [0.25, 0.3) is 5.91 Å². The van der Waals surface area contributed by atoms with Gasteiger partial charge in [-0.25, -0.2) is 4.98 Å². The fraction of sp³-hybridized carbons (Fsp3) is 0.286. The van der Waals surface area contributed by atoms with Gasteiger partial charge in [-0.1, -0.05) is 18.2 Å². The summed E-state index contributed by atoms with van der Waals surface area (Å²) in [6.45, 7) is 0.848. The van der Waals surface area contributed by atoms with Crippen LogP contribution >= 0.6 is 0 Å². The van der Waals surface area contributed by atoms with Crippen molar-refractivity contribution >= 4 is 16.8 Å². The average molecular weight is 363 g/mol. The molecule has 6 nitrogen and oxygen atoms in total. The summed E-state index contributed by atoms with van der Waals surface area (Å²) in [4.78, 5) is 22.9. The van der Waals surface area contributed by atoms with Crippen LogP contribution in [0.5, 0.6) is 5.88 Å². The largest absolute Gasteiger partial charge is 0.481 e. The second-order valence-electron chi connectivity index (χ2n) is 6.82. The maximum Gasteiger partial charge on any atom is 0.255 e. The molecular weight excluding hydrogens is 342 g/mol. The molecule has 0 unspecified atom stereocenters. The summed E-state index contributed by atoms with van der Waals surface area (Å²) >= 11 is 0. The molecule has 27 heavy (non-hydrogen) atoms. The number of aliphatic hydroxyl groups excluding tert-OH is 1. The van der Waals surface area contributed by atoms with Crippen LogP contribution in [0.15, 0.2) is 54.9 Å². The maximum absolute atomic E-state index is 12.7. The lowest BCUT2D eigenvalue weighted by molar-refractivity contribution is 0.0764. The van der Waals surface area contributed by atoms with Crippen LogP contribution in [0.3, 0.4) is 0 Å². The van der Waals surface area contributed by atoms with E-state index < -0.39 is 6.10 Å². The molecule has 138 valence electrons. The molecular formula is C21H21N3O3. The van der Waals surface area contributed by atoms with Crippen molar-refractivity contribution in [3.05, 3.63) is 66.0 Å². The number of carbonyl (C=O) groups is 1. The highest BCUT2D eigenvalue weighted by Crippen LogP contribution is 2.26. The molecule has 3 aromatic rings. The van der Waals surface area contributed by atoms with Crippen LogP contribution < -0.4 is 4.74 Å². The lowest BCUT2D eigenvalue weighted by Gasteiger charge is -2.16. The van der Waals surface area contributed by atoms with Crippen LogP contribution in [0.25, 0.3) is 10.9 Å². The Morgan fingerprint density at radius 3 is 2.81 bits per heavy atom. The molecule has 1 aliphatic rings. The predicted molar refractivity (Wildman–Crippen MR) is 102 cm³/mol. The molecule has 0 spiro atoms. The van der Waals surface area contributed by atoms with Crippen LogP contribution in [0.4, 0.5) is 0 Å². The molecule has 2 atom stereocenters. The molecule has 2 aromatic heterocycles. The molecule has 1 N–H and O–H groups in total. The number of rotatable bonds is 4. The summed E-state index contributed by atoms with van der Waals surface area (Å²) in [5, 5.41) is 11.6. The number of hydrogen-bond donors (Lipinski definition) is 1. The molecule has 0 bridgehead atoms. The second kappa shape index (κ2) is 7.32. The van der Waals surface area contributed by atoms with Gasteiger partial charge in [0.1, 0.15) is 0 Å². The fourth-order valence-corrected chi connectivity index (χ4v) is 3.65. The zero-order chi connectivity index (χ0) is 18.8. The number of para-hydroxylation sites is 1. The number of amides is 1. The Labute approximate surface area is 157 Å². The number of ether oxygens (including phenoxy) is 1. The Morgan fingerprint density at radius 2 is 2.04 bits per heavy atom. The molecule has 6 heteroatoms. The van der Waals surface area contributed by atoms with E-state index in [4.69, 9.17) is 4.74 Å². The Bertz CT molecular complexity index is 953. The number of aromatic nitrogens is 2. The van der Waals surface area contributed by atoms with Gasteiger partial charge in [-0.05, 0) is 30.2 Å². The summed E-state index contributed by atoms with van der Waals surface area (Å²) in [6.07, 6.45) is 3.46. The number of aliphatic hydroxyl groups is 1. The number of likely N-dealkylation sites (tertiary alicyclic amines) is 1. The first kappa shape index (κ1) is 17.4. The van der Waals surface area contributed by atoms with E-state index in [9.17, 15) is 9.90 Å². The minimum Gasteiger partial charge on any atom is -0.481 e. The topological polar surface area (TPSA) is 75.5 Å². The molecule has 0 aliphatic carbocycles. The van der Waals surface area contributed by atoms with E-state index in [-0.39, 0.29) is 11.8 Å². The van der Waals surface area contributed by atoms with Crippen LogP contribution in [0.2, 0.25) is 0 Å². The minimum absolute atomic E-state index is 0.00837. The van der Waals surface area contributed by atoms with Crippen molar-refractivity contribution in [3.63, 3.8) is 0 Å². The third-order valence-electron chi connectivity index (χ3n) is 5.11. The minimum atomic E-state index is -0.549. The average Bonchev–Trinajstić information content (AvgIpc) is 3.08. The van der Waals surface area contributed by atoms with Crippen LogP contribution in [0.1, 0.15) is 15.9 Å². The number of pyridine rings is 2. The molecule has 1 saturated heterocycles. The fourth-order valence-electron chi connectivity index (χ4n) is 3.65. The van der Waals surface area contributed by atoms with Gasteiger partial charge in [-0.15, -0.1) is 0 Å². The lowest BCUT2D eigenvalue weighted by Crippen LogP contribution is -2.29. The number of methoxy groups -OCH3 is 1.